The van der Waals surface area contributed by atoms with Gasteiger partial charge in [-0.1, -0.05) is 13.3 Å². The third kappa shape index (κ3) is 3.91. The number of ether oxygens (including phenoxy) is 1. The van der Waals surface area contributed by atoms with Gasteiger partial charge < -0.3 is 9.64 Å². The summed E-state index contributed by atoms with van der Waals surface area (Å²) in [6.07, 6.45) is 2.80. The third-order valence-corrected chi connectivity index (χ3v) is 4.96. The van der Waals surface area contributed by atoms with Gasteiger partial charge in [0.15, 0.2) is 0 Å². The molecule has 0 radical (unpaired) electrons. The zero-order valence-electron chi connectivity index (χ0n) is 13.0. The van der Waals surface area contributed by atoms with Gasteiger partial charge in [-0.25, -0.2) is 8.42 Å². The highest BCUT2D eigenvalue weighted by atomic mass is 32.2. The Morgan fingerprint density at radius 3 is 2.73 bits per heavy atom. The molecule has 0 spiro atoms. The number of unbranched alkanes of at least 4 members (excludes halogenated alkanes) is 1. The van der Waals surface area contributed by atoms with Crippen LogP contribution < -0.4 is 14.4 Å². The summed E-state index contributed by atoms with van der Waals surface area (Å²) in [6, 6.07) is 5.00. The van der Waals surface area contributed by atoms with Crippen LogP contribution in [-0.4, -0.2) is 33.7 Å². The van der Waals surface area contributed by atoms with E-state index in [-0.39, 0.29) is 11.7 Å². The van der Waals surface area contributed by atoms with Gasteiger partial charge >= 0.3 is 0 Å². The smallest absolute Gasteiger partial charge is 0.232 e. The highest BCUT2D eigenvalue weighted by molar-refractivity contribution is 7.92. The molecule has 1 amide bonds. The molecular weight excluding hydrogens is 304 g/mol. The van der Waals surface area contributed by atoms with Crippen molar-refractivity contribution < 1.29 is 17.9 Å². The highest BCUT2D eigenvalue weighted by Gasteiger charge is 2.24. The Bertz CT molecular complexity index is 643. The number of rotatable bonds is 7. The predicted molar refractivity (Wildman–Crippen MR) is 86.9 cm³/mol. The number of hydrogen-bond donors (Lipinski definition) is 1. The van der Waals surface area contributed by atoms with Crippen LogP contribution >= 0.6 is 0 Å². The van der Waals surface area contributed by atoms with E-state index < -0.39 is 10.0 Å². The van der Waals surface area contributed by atoms with Crippen LogP contribution in [0.2, 0.25) is 0 Å². The van der Waals surface area contributed by atoms with Crippen molar-refractivity contribution in [2.45, 2.75) is 32.6 Å². The molecule has 0 bridgehead atoms. The van der Waals surface area contributed by atoms with Crippen molar-refractivity contribution in [3.63, 3.8) is 0 Å². The zero-order chi connectivity index (χ0) is 16.2. The monoisotopic (exact) mass is 326 g/mol. The molecule has 0 unspecified atom stereocenters. The quantitative estimate of drug-likeness (QED) is 0.834. The maximum absolute atomic E-state index is 11.9. The van der Waals surface area contributed by atoms with Crippen LogP contribution in [0.15, 0.2) is 18.2 Å². The molecular formula is C15H22N2O4S. The van der Waals surface area contributed by atoms with Crippen LogP contribution in [0.1, 0.15) is 32.6 Å². The second-order valence-electron chi connectivity index (χ2n) is 5.31. The second kappa shape index (κ2) is 7.00. The van der Waals surface area contributed by atoms with Crippen LogP contribution in [0, 0.1) is 0 Å². The van der Waals surface area contributed by atoms with Crippen LogP contribution in [0.3, 0.4) is 0 Å². The van der Waals surface area contributed by atoms with Gasteiger partial charge in [0, 0.05) is 19.0 Å². The lowest BCUT2D eigenvalue weighted by atomic mass is 10.2. The van der Waals surface area contributed by atoms with E-state index in [0.29, 0.717) is 36.5 Å². The van der Waals surface area contributed by atoms with Gasteiger partial charge in [-0.05, 0) is 25.0 Å². The van der Waals surface area contributed by atoms with Crippen molar-refractivity contribution in [2.75, 3.05) is 29.0 Å². The fourth-order valence-corrected chi connectivity index (χ4v) is 3.69. The fraction of sp³-hybridized carbons (Fsp3) is 0.533. The number of benzene rings is 1. The minimum atomic E-state index is -3.35. The molecule has 22 heavy (non-hydrogen) atoms. The van der Waals surface area contributed by atoms with Gasteiger partial charge in [-0.15, -0.1) is 0 Å². The molecule has 1 aromatic carbocycles. The minimum absolute atomic E-state index is 0.0644. The predicted octanol–water partition coefficient (Wildman–Crippen LogP) is 2.36. The number of nitrogens with zero attached hydrogens (tertiary/aromatic N) is 1. The summed E-state index contributed by atoms with van der Waals surface area (Å²) in [7, 11) is -1.84. The fourth-order valence-electron chi connectivity index (χ4n) is 2.43. The van der Waals surface area contributed by atoms with Gasteiger partial charge in [-0.3, -0.25) is 9.52 Å². The number of sulfonamides is 1. The van der Waals surface area contributed by atoms with E-state index in [2.05, 4.69) is 4.72 Å². The third-order valence-electron chi connectivity index (χ3n) is 3.58. The topological polar surface area (TPSA) is 75.7 Å². The van der Waals surface area contributed by atoms with E-state index >= 15 is 0 Å². The highest BCUT2D eigenvalue weighted by Crippen LogP contribution is 2.34. The Kier molecular flexibility index (Phi) is 5.28. The van der Waals surface area contributed by atoms with Gasteiger partial charge in [-0.2, -0.15) is 0 Å². The lowest BCUT2D eigenvalue weighted by molar-refractivity contribution is -0.117. The number of carbonyl (C=O) groups is 1. The number of hydrogen-bond acceptors (Lipinski definition) is 4. The molecule has 122 valence electrons. The summed E-state index contributed by atoms with van der Waals surface area (Å²) in [5, 5.41) is 0. The van der Waals surface area contributed by atoms with Crippen LogP contribution in [0.25, 0.3) is 0 Å². The average Bonchev–Trinajstić information content (AvgIpc) is 2.90. The molecule has 1 fully saturated rings. The Morgan fingerprint density at radius 1 is 1.36 bits per heavy atom. The van der Waals surface area contributed by atoms with Gasteiger partial charge in [0.25, 0.3) is 0 Å². The van der Waals surface area contributed by atoms with Crippen molar-refractivity contribution in [2.24, 2.45) is 0 Å². The summed E-state index contributed by atoms with van der Waals surface area (Å²) in [5.74, 6) is 0.651. The van der Waals surface area contributed by atoms with Crippen LogP contribution in [-0.2, 0) is 14.8 Å². The van der Waals surface area contributed by atoms with Crippen molar-refractivity contribution in [1.82, 2.24) is 0 Å². The first-order chi connectivity index (χ1) is 10.5. The molecule has 1 heterocycles. The number of carbonyl (C=O) groups excluding carboxylic acids is 1. The lowest BCUT2D eigenvalue weighted by Gasteiger charge is -2.20. The van der Waals surface area contributed by atoms with E-state index in [0.717, 1.165) is 12.8 Å². The first kappa shape index (κ1) is 16.6. The molecule has 2 rings (SSSR count). The van der Waals surface area contributed by atoms with Crippen molar-refractivity contribution in [3.05, 3.63) is 18.2 Å². The molecule has 0 saturated carbocycles. The standard InChI is InChI=1S/C15H22N2O4S/c1-3-4-10-22(19,20)16-12-7-8-13(14(11-12)21-2)17-9-5-6-15(17)18/h7-8,11,16H,3-6,9-10H2,1-2H3. The molecule has 7 heteroatoms. The van der Waals surface area contributed by atoms with Gasteiger partial charge in [0.1, 0.15) is 5.75 Å². The van der Waals surface area contributed by atoms with E-state index in [1.807, 2.05) is 6.92 Å². The maximum Gasteiger partial charge on any atom is 0.232 e. The number of anilines is 2. The summed E-state index contributed by atoms with van der Waals surface area (Å²) >= 11 is 0. The normalized spacial score (nSPS) is 15.2. The van der Waals surface area contributed by atoms with Gasteiger partial charge in [0.05, 0.1) is 24.2 Å². The summed E-state index contributed by atoms with van der Waals surface area (Å²) in [5.41, 5.74) is 1.13. The van der Waals surface area contributed by atoms with E-state index in [1.165, 1.54) is 7.11 Å². The first-order valence-electron chi connectivity index (χ1n) is 7.45. The minimum Gasteiger partial charge on any atom is -0.494 e. The van der Waals surface area contributed by atoms with Crippen LogP contribution in [0.4, 0.5) is 11.4 Å². The second-order valence-corrected chi connectivity index (χ2v) is 7.15. The largest absolute Gasteiger partial charge is 0.494 e. The first-order valence-corrected chi connectivity index (χ1v) is 9.11. The molecule has 1 aromatic rings. The zero-order valence-corrected chi connectivity index (χ0v) is 13.8. The molecule has 1 aliphatic rings. The summed E-state index contributed by atoms with van der Waals surface area (Å²) < 4.78 is 31.7. The number of amides is 1. The molecule has 1 N–H and O–H groups in total. The molecule has 0 atom stereocenters. The SMILES string of the molecule is CCCCS(=O)(=O)Nc1ccc(N2CCCC2=O)c(OC)c1. The van der Waals surface area contributed by atoms with E-state index in [1.54, 1.807) is 23.1 Å². The molecule has 0 aromatic heterocycles. The Labute approximate surface area is 131 Å². The van der Waals surface area contributed by atoms with Crippen molar-refractivity contribution in [3.8, 4) is 5.75 Å². The summed E-state index contributed by atoms with van der Waals surface area (Å²) in [6.45, 7) is 2.61. The number of methoxy groups -OCH3 is 1. The Hall–Kier alpha value is -1.76. The van der Waals surface area contributed by atoms with E-state index in [4.69, 9.17) is 4.74 Å². The maximum atomic E-state index is 11.9. The summed E-state index contributed by atoms with van der Waals surface area (Å²) in [4.78, 5) is 13.5. The molecule has 1 saturated heterocycles. The van der Waals surface area contributed by atoms with E-state index in [9.17, 15) is 13.2 Å². The average molecular weight is 326 g/mol. The molecule has 6 nitrogen and oxygen atoms in total. The number of nitrogens with one attached hydrogen (secondary N) is 1. The molecule has 1 aliphatic heterocycles. The van der Waals surface area contributed by atoms with Crippen molar-refractivity contribution >= 4 is 27.3 Å². The van der Waals surface area contributed by atoms with Gasteiger partial charge in [0.2, 0.25) is 15.9 Å². The van der Waals surface area contributed by atoms with Crippen LogP contribution in [0.5, 0.6) is 5.75 Å². The Balaban J connectivity index is 2.20. The Morgan fingerprint density at radius 2 is 2.14 bits per heavy atom. The van der Waals surface area contributed by atoms with Crippen molar-refractivity contribution in [1.29, 1.82) is 0 Å². The lowest BCUT2D eigenvalue weighted by Crippen LogP contribution is -2.24. The molecule has 0 aliphatic carbocycles.